The average molecular weight is 391 g/mol. The maximum Gasteiger partial charge on any atom is 0.457 e. The summed E-state index contributed by atoms with van der Waals surface area (Å²) in [6.45, 7) is -4.68. The van der Waals surface area contributed by atoms with Crippen LogP contribution in [0.15, 0.2) is 0 Å². The number of rotatable bonds is 7. The normalized spacial score (nSPS) is 18.4. The molecule has 0 saturated carbocycles. The molecule has 2 unspecified atom stereocenters. The van der Waals surface area contributed by atoms with Crippen LogP contribution in [0, 0.1) is 0 Å². The van der Waals surface area contributed by atoms with Crippen LogP contribution in [0.1, 0.15) is 0 Å². The topological polar surface area (TPSA) is 30.5 Å². The molecule has 0 aliphatic heterocycles. The lowest BCUT2D eigenvalue weighted by atomic mass is 10.2. The highest BCUT2D eigenvalue weighted by Crippen LogP contribution is 2.48. The van der Waals surface area contributed by atoms with E-state index in [1.165, 1.54) is 0 Å². The van der Waals surface area contributed by atoms with Gasteiger partial charge < -0.3 is 14.8 Å². The lowest BCUT2D eigenvalue weighted by molar-refractivity contribution is -0.479. The zero-order valence-corrected chi connectivity index (χ0v) is 11.3. The predicted molar refractivity (Wildman–Crippen MR) is 51.7 cm³/mol. The van der Waals surface area contributed by atoms with Gasteiger partial charge in [0.05, 0.1) is 0 Å². The molecule has 0 fully saturated rings. The van der Waals surface area contributed by atoms with Gasteiger partial charge >= 0.3 is 30.5 Å². The van der Waals surface area contributed by atoms with Gasteiger partial charge in [-0.1, -0.05) is 0 Å². The molecule has 0 aliphatic rings. The number of likely N-dealkylation sites (N-methyl/N-ethyl adjacent to an activating group) is 1. The molecular formula is C9H9F12NO2. The monoisotopic (exact) mass is 391 g/mol. The van der Waals surface area contributed by atoms with Crippen molar-refractivity contribution in [2.45, 2.75) is 36.6 Å². The van der Waals surface area contributed by atoms with Crippen molar-refractivity contribution in [3.05, 3.63) is 0 Å². The second kappa shape index (κ2) is 7.11. The van der Waals surface area contributed by atoms with Gasteiger partial charge in [-0.25, -0.2) is 0 Å². The Labute approximate surface area is 125 Å². The molecule has 0 amide bonds. The van der Waals surface area contributed by atoms with E-state index in [0.717, 1.165) is 7.05 Å². The quantitative estimate of drug-likeness (QED) is 0.674. The van der Waals surface area contributed by atoms with E-state index < -0.39 is 49.7 Å². The van der Waals surface area contributed by atoms with Crippen molar-refractivity contribution >= 4 is 0 Å². The lowest BCUT2D eigenvalue weighted by Crippen LogP contribution is -2.61. The van der Waals surface area contributed by atoms with Crippen LogP contribution in [0.3, 0.4) is 0 Å². The van der Waals surface area contributed by atoms with Gasteiger partial charge in [0.1, 0.15) is 6.61 Å². The molecule has 2 atom stereocenters. The van der Waals surface area contributed by atoms with Crippen molar-refractivity contribution in [2.75, 3.05) is 20.2 Å². The summed E-state index contributed by atoms with van der Waals surface area (Å²) >= 11 is 0. The lowest BCUT2D eigenvalue weighted by Gasteiger charge is -2.36. The molecule has 24 heavy (non-hydrogen) atoms. The highest BCUT2D eigenvalue weighted by Gasteiger charge is 2.76. The molecule has 146 valence electrons. The van der Waals surface area contributed by atoms with Gasteiger partial charge in [0.25, 0.3) is 0 Å². The van der Waals surface area contributed by atoms with E-state index in [-0.39, 0.29) is 0 Å². The Morgan fingerprint density at radius 1 is 0.833 bits per heavy atom. The minimum atomic E-state index is -6.84. The number of hydrogen-bond acceptors (Lipinski definition) is 3. The summed E-state index contributed by atoms with van der Waals surface area (Å²) in [5, 5.41) is 1.64. The minimum Gasteiger partial charge on any atom is -0.323 e. The van der Waals surface area contributed by atoms with E-state index in [9.17, 15) is 52.7 Å². The molecule has 0 aromatic rings. The average Bonchev–Trinajstić information content (AvgIpc) is 2.31. The smallest absolute Gasteiger partial charge is 0.323 e. The van der Waals surface area contributed by atoms with Gasteiger partial charge in [0.2, 0.25) is 0 Å². The Morgan fingerprint density at radius 3 is 1.58 bits per heavy atom. The molecule has 3 nitrogen and oxygen atoms in total. The molecule has 0 radical (unpaired) electrons. The van der Waals surface area contributed by atoms with E-state index >= 15 is 0 Å². The molecule has 0 rings (SSSR count). The summed E-state index contributed by atoms with van der Waals surface area (Å²) in [6.07, 6.45) is -28.3. The predicted octanol–water partition coefficient (Wildman–Crippen LogP) is 3.55. The molecular weight excluding hydrogens is 382 g/mol. The third-order valence-corrected chi connectivity index (χ3v) is 2.22. The fraction of sp³-hybridized carbons (Fsp3) is 1.00. The van der Waals surface area contributed by atoms with E-state index in [1.54, 1.807) is 5.32 Å². The first-order valence-corrected chi connectivity index (χ1v) is 5.60. The largest absolute Gasteiger partial charge is 0.457 e. The summed E-state index contributed by atoms with van der Waals surface area (Å²) < 4.78 is 155. The summed E-state index contributed by atoms with van der Waals surface area (Å²) in [5.74, 6) is -6.47. The second-order valence-electron chi connectivity index (χ2n) is 4.22. The van der Waals surface area contributed by atoms with E-state index in [1.807, 2.05) is 0 Å². The highest BCUT2D eigenvalue weighted by molar-refractivity contribution is 4.89. The van der Waals surface area contributed by atoms with Gasteiger partial charge in [0, 0.05) is 6.54 Å². The number of alkyl halides is 12. The summed E-state index contributed by atoms with van der Waals surface area (Å²) in [4.78, 5) is 0. The van der Waals surface area contributed by atoms with Crippen LogP contribution in [0.5, 0.6) is 0 Å². The van der Waals surface area contributed by atoms with Crippen LogP contribution in [0.4, 0.5) is 52.7 Å². The number of halogens is 12. The first-order chi connectivity index (χ1) is 10.4. The van der Waals surface area contributed by atoms with Gasteiger partial charge in [0.15, 0.2) is 6.10 Å². The first kappa shape index (κ1) is 23.0. The van der Waals surface area contributed by atoms with E-state index in [2.05, 4.69) is 9.47 Å². The van der Waals surface area contributed by atoms with Gasteiger partial charge in [-0.3, -0.25) is 0 Å². The highest BCUT2D eigenvalue weighted by atomic mass is 19.4. The Hall–Kier alpha value is -0.960. The van der Waals surface area contributed by atoms with Crippen molar-refractivity contribution in [1.82, 2.24) is 5.32 Å². The van der Waals surface area contributed by atoms with Gasteiger partial charge in [-0.15, -0.1) is 0 Å². The standard InChI is InChI=1S/C9H9F12NO2/c1-22-2-4(6(13,14)15)24-9(20,21)7(16,8(17,18)19)23-3-5(10,11)12/h4,22H,2-3H2,1H3. The van der Waals surface area contributed by atoms with E-state index in [0.29, 0.717) is 0 Å². The van der Waals surface area contributed by atoms with Crippen LogP contribution in [-0.2, 0) is 9.47 Å². The van der Waals surface area contributed by atoms with Gasteiger partial charge in [-0.05, 0) is 7.05 Å². The zero-order chi connectivity index (χ0) is 19.6. The Bertz CT molecular complexity index is 403. The number of hydrogen-bond donors (Lipinski definition) is 1. The molecule has 15 heteroatoms. The third kappa shape index (κ3) is 5.84. The summed E-state index contributed by atoms with van der Waals surface area (Å²) in [5.41, 5.74) is 0. The molecule has 0 heterocycles. The summed E-state index contributed by atoms with van der Waals surface area (Å²) in [6, 6.07) is 0. The van der Waals surface area contributed by atoms with Crippen LogP contribution >= 0.6 is 0 Å². The van der Waals surface area contributed by atoms with Crippen molar-refractivity contribution in [3.8, 4) is 0 Å². The van der Waals surface area contributed by atoms with Crippen molar-refractivity contribution < 1.29 is 62.2 Å². The summed E-state index contributed by atoms with van der Waals surface area (Å²) in [7, 11) is 0.771. The number of nitrogens with one attached hydrogen (secondary N) is 1. The maximum absolute atomic E-state index is 13.5. The zero-order valence-electron chi connectivity index (χ0n) is 11.3. The van der Waals surface area contributed by atoms with E-state index in [4.69, 9.17) is 0 Å². The van der Waals surface area contributed by atoms with Crippen molar-refractivity contribution in [1.29, 1.82) is 0 Å². The molecule has 0 spiro atoms. The third-order valence-electron chi connectivity index (χ3n) is 2.22. The maximum atomic E-state index is 13.5. The Kier molecular flexibility index (Phi) is 6.83. The fourth-order valence-corrected chi connectivity index (χ4v) is 1.18. The van der Waals surface area contributed by atoms with Gasteiger partial charge in [-0.2, -0.15) is 52.7 Å². The molecule has 1 N–H and O–H groups in total. The fourth-order valence-electron chi connectivity index (χ4n) is 1.18. The Balaban J connectivity index is 5.66. The second-order valence-corrected chi connectivity index (χ2v) is 4.22. The molecule has 0 aromatic heterocycles. The van der Waals surface area contributed by atoms with Crippen LogP contribution in [-0.4, -0.2) is 56.8 Å². The molecule has 0 aliphatic carbocycles. The van der Waals surface area contributed by atoms with Crippen molar-refractivity contribution in [3.63, 3.8) is 0 Å². The van der Waals surface area contributed by atoms with Crippen molar-refractivity contribution in [2.24, 2.45) is 0 Å². The minimum absolute atomic E-state index is 0.771. The molecule has 0 bridgehead atoms. The first-order valence-electron chi connectivity index (χ1n) is 5.60. The van der Waals surface area contributed by atoms with Crippen LogP contribution in [0.2, 0.25) is 0 Å². The number of ether oxygens (including phenoxy) is 2. The Morgan fingerprint density at radius 2 is 1.29 bits per heavy atom. The molecule has 0 saturated heterocycles. The van der Waals surface area contributed by atoms with Crippen LogP contribution < -0.4 is 5.32 Å². The molecule has 0 aromatic carbocycles. The SMILES string of the molecule is CNCC(OC(F)(F)C(F)(OCC(F)(F)F)C(F)(F)F)C(F)(F)F. The van der Waals surface area contributed by atoms with Crippen LogP contribution in [0.25, 0.3) is 0 Å².